The largest absolute Gasteiger partial charge is 0.493 e. The number of hydrogen-bond acceptors (Lipinski definition) is 10. The zero-order valence-electron chi connectivity index (χ0n) is 33.0. The zero-order chi connectivity index (χ0) is 41.9. The number of benzene rings is 2. The lowest BCUT2D eigenvalue weighted by Gasteiger charge is -2.35. The lowest BCUT2D eigenvalue weighted by molar-refractivity contribution is -0.138. The van der Waals surface area contributed by atoms with Crippen molar-refractivity contribution < 1.29 is 37.1 Å². The van der Waals surface area contributed by atoms with E-state index in [0.29, 0.717) is 48.2 Å². The number of nitrogens with one attached hydrogen (secondary N) is 3. The summed E-state index contributed by atoms with van der Waals surface area (Å²) in [6.45, 7) is 9.12. The van der Waals surface area contributed by atoms with Gasteiger partial charge in [0.25, 0.3) is 5.91 Å². The number of aryl methyl sites for hydroxylation is 1. The molecule has 3 aliphatic rings. The number of hydrogen-bond donors (Lipinski definition) is 3. The van der Waals surface area contributed by atoms with Gasteiger partial charge in [-0.05, 0) is 132 Å². The molecule has 2 aromatic carbocycles. The second kappa shape index (κ2) is 18.3. The topological polar surface area (TPSA) is 160 Å². The molecular weight excluding hydrogens is 809 g/mol. The molecule has 18 heteroatoms. The number of anilines is 4. The maximum absolute atomic E-state index is 13.7. The summed E-state index contributed by atoms with van der Waals surface area (Å²) in [5.74, 6) is -0.234. The summed E-state index contributed by atoms with van der Waals surface area (Å²) in [7, 11) is 0. The SMILES string of the molecule is CCc1cc(N2C(=S)N(c3cnc(C#N)c(C(F)(F)F)c3)C(=O)C2(C)C)ccc1OCCC1CCN([C@H](C)C(=O)Nc2cccc(N[C@H]3CCC(=O)NC3=O)c2)CC1.Cl. The summed E-state index contributed by atoms with van der Waals surface area (Å²) in [4.78, 5) is 59.0. The lowest BCUT2D eigenvalue weighted by Crippen LogP contribution is -2.47. The molecular formula is C41H46ClF3N8O5S. The van der Waals surface area contributed by atoms with Gasteiger partial charge in [0.2, 0.25) is 17.7 Å². The molecule has 0 unspecified atom stereocenters. The molecule has 0 radical (unpaired) electrons. The van der Waals surface area contributed by atoms with Gasteiger partial charge in [-0.1, -0.05) is 13.0 Å². The molecule has 0 spiro atoms. The highest BCUT2D eigenvalue weighted by atomic mass is 35.5. The van der Waals surface area contributed by atoms with Crippen LogP contribution in [0.3, 0.4) is 0 Å². The average Bonchev–Trinajstić information content (AvgIpc) is 3.37. The fourth-order valence-corrected chi connectivity index (χ4v) is 8.08. The van der Waals surface area contributed by atoms with Crippen LogP contribution in [0.2, 0.25) is 0 Å². The molecule has 59 heavy (non-hydrogen) atoms. The van der Waals surface area contributed by atoms with Crippen LogP contribution in [0.4, 0.5) is 35.9 Å². The molecule has 0 saturated carbocycles. The first kappa shape index (κ1) is 44.8. The summed E-state index contributed by atoms with van der Waals surface area (Å²) < 4.78 is 47.5. The van der Waals surface area contributed by atoms with E-state index >= 15 is 0 Å². The zero-order valence-corrected chi connectivity index (χ0v) is 34.7. The minimum Gasteiger partial charge on any atom is -0.493 e. The summed E-state index contributed by atoms with van der Waals surface area (Å²) in [6, 6.07) is 13.9. The van der Waals surface area contributed by atoms with Gasteiger partial charge in [-0.25, -0.2) is 4.98 Å². The van der Waals surface area contributed by atoms with Gasteiger partial charge in [0.05, 0.1) is 30.1 Å². The van der Waals surface area contributed by atoms with Crippen molar-refractivity contribution in [3.05, 3.63) is 71.5 Å². The van der Waals surface area contributed by atoms with Gasteiger partial charge in [-0.3, -0.25) is 34.3 Å². The number of piperidine rings is 2. The number of pyridine rings is 1. The minimum absolute atomic E-state index is 0. The average molecular weight is 855 g/mol. The fraction of sp³-hybridized carbons (Fsp3) is 0.439. The quantitative estimate of drug-likeness (QED) is 0.133. The molecule has 1 aromatic heterocycles. The van der Waals surface area contributed by atoms with Crippen LogP contribution in [-0.4, -0.2) is 75.9 Å². The number of amides is 4. The highest BCUT2D eigenvalue weighted by Gasteiger charge is 2.51. The number of nitriles is 1. The van der Waals surface area contributed by atoms with Gasteiger partial charge in [0.15, 0.2) is 10.8 Å². The van der Waals surface area contributed by atoms with Gasteiger partial charge < -0.3 is 20.3 Å². The number of carbonyl (C=O) groups excluding carboxylic acids is 4. The Hall–Kier alpha value is -5.31. The maximum Gasteiger partial charge on any atom is 0.419 e. The van der Waals surface area contributed by atoms with E-state index in [4.69, 9.17) is 17.0 Å². The lowest BCUT2D eigenvalue weighted by atomic mass is 9.93. The van der Waals surface area contributed by atoms with Gasteiger partial charge in [-0.2, -0.15) is 18.4 Å². The van der Waals surface area contributed by atoms with Crippen molar-refractivity contribution in [2.24, 2.45) is 5.92 Å². The molecule has 3 aromatic rings. The Balaban J connectivity index is 0.00000661. The normalized spacial score (nSPS) is 19.1. The monoisotopic (exact) mass is 854 g/mol. The van der Waals surface area contributed by atoms with Crippen LogP contribution in [0.15, 0.2) is 54.7 Å². The fourth-order valence-electron chi connectivity index (χ4n) is 7.56. The Bertz CT molecular complexity index is 2160. The first-order valence-corrected chi connectivity index (χ1v) is 19.6. The standard InChI is InChI=1S/C41H45F3N8O5S.ClH/c1-5-26-19-29(52-39(58)51(38(56)40(52,3)4)30-21-31(41(42,43)44)33(22-45)46-23-30)9-11-34(26)57-18-15-25-13-16-50(17-14-25)24(2)36(54)48-28-8-6-7-27(20-28)47-32-10-12-35(53)49-37(32)55;/h6-9,11,19-21,23-25,32,47H,5,10,12-18H2,1-4H3,(H,48,54)(H,49,53,55);1H/t24-,32+;/m1./s1. The predicted octanol–water partition coefficient (Wildman–Crippen LogP) is 6.60. The van der Waals surface area contributed by atoms with Gasteiger partial charge in [0.1, 0.15) is 23.4 Å². The van der Waals surface area contributed by atoms with Gasteiger partial charge in [-0.15, -0.1) is 12.4 Å². The van der Waals surface area contributed by atoms with Crippen molar-refractivity contribution in [3.63, 3.8) is 0 Å². The van der Waals surface area contributed by atoms with Crippen LogP contribution in [-0.2, 0) is 31.8 Å². The number of carbonyl (C=O) groups is 4. The summed E-state index contributed by atoms with van der Waals surface area (Å²) in [6.07, 6.45) is 0.0740. The highest BCUT2D eigenvalue weighted by Crippen LogP contribution is 2.40. The molecule has 4 heterocycles. The van der Waals surface area contributed by atoms with E-state index < -0.39 is 34.9 Å². The molecule has 314 valence electrons. The van der Waals surface area contributed by atoms with Crippen molar-refractivity contribution in [3.8, 4) is 11.8 Å². The number of aromatic nitrogens is 1. The Morgan fingerprint density at radius 3 is 2.46 bits per heavy atom. The van der Waals surface area contributed by atoms with E-state index in [9.17, 15) is 37.6 Å². The van der Waals surface area contributed by atoms with E-state index in [-0.39, 0.29) is 53.4 Å². The second-order valence-electron chi connectivity index (χ2n) is 15.2. The van der Waals surface area contributed by atoms with Crippen molar-refractivity contribution in [1.29, 1.82) is 5.26 Å². The van der Waals surface area contributed by atoms with Crippen molar-refractivity contribution in [2.45, 2.75) is 90.0 Å². The molecule has 4 amide bonds. The number of rotatable bonds is 12. The highest BCUT2D eigenvalue weighted by molar-refractivity contribution is 7.81. The van der Waals surface area contributed by atoms with E-state index in [1.807, 2.05) is 26.0 Å². The van der Waals surface area contributed by atoms with Crippen LogP contribution in [0, 0.1) is 17.2 Å². The molecule has 0 bridgehead atoms. The van der Waals surface area contributed by atoms with Crippen molar-refractivity contribution in [2.75, 3.05) is 40.1 Å². The number of halogens is 4. The summed E-state index contributed by atoms with van der Waals surface area (Å²) in [5.41, 5.74) is -0.752. The third kappa shape index (κ3) is 9.77. The molecule has 3 fully saturated rings. The Morgan fingerprint density at radius 1 is 1.08 bits per heavy atom. The molecule has 13 nitrogen and oxygen atoms in total. The third-order valence-electron chi connectivity index (χ3n) is 11.0. The smallest absolute Gasteiger partial charge is 0.419 e. The van der Waals surface area contributed by atoms with Gasteiger partial charge in [0, 0.05) is 23.5 Å². The van der Waals surface area contributed by atoms with Crippen LogP contribution in [0.25, 0.3) is 0 Å². The minimum atomic E-state index is -4.86. The number of likely N-dealkylation sites (tertiary alicyclic amines) is 1. The van der Waals surface area contributed by atoms with E-state index in [2.05, 4.69) is 25.8 Å². The van der Waals surface area contributed by atoms with Crippen molar-refractivity contribution >= 4 is 76.1 Å². The first-order valence-electron chi connectivity index (χ1n) is 19.2. The van der Waals surface area contributed by atoms with E-state index in [1.165, 1.54) is 6.07 Å². The van der Waals surface area contributed by atoms with Crippen LogP contribution >= 0.6 is 24.6 Å². The molecule has 6 rings (SSSR count). The van der Waals surface area contributed by atoms with Crippen LogP contribution < -0.4 is 30.5 Å². The molecule has 2 atom stereocenters. The molecule has 0 aliphatic carbocycles. The van der Waals surface area contributed by atoms with Crippen LogP contribution in [0.1, 0.15) is 76.6 Å². The van der Waals surface area contributed by atoms with Crippen molar-refractivity contribution in [1.82, 2.24) is 15.2 Å². The maximum atomic E-state index is 13.7. The Labute approximate surface area is 352 Å². The van der Waals surface area contributed by atoms with Gasteiger partial charge >= 0.3 is 6.18 Å². The van der Waals surface area contributed by atoms with Crippen LogP contribution in [0.5, 0.6) is 5.75 Å². The third-order valence-corrected chi connectivity index (χ3v) is 11.3. The predicted molar refractivity (Wildman–Crippen MR) is 222 cm³/mol. The molecule has 3 N–H and O–H groups in total. The number of imide groups is 1. The number of nitrogens with zero attached hydrogens (tertiary/aromatic N) is 5. The number of ether oxygens (including phenoxy) is 1. The second-order valence-corrected chi connectivity index (χ2v) is 15.5. The number of alkyl halides is 3. The number of thiocarbonyl (C=S) groups is 1. The Morgan fingerprint density at radius 2 is 1.80 bits per heavy atom. The Kier molecular flexibility index (Phi) is 13.9. The molecule has 3 aliphatic heterocycles. The molecule has 3 saturated heterocycles. The summed E-state index contributed by atoms with van der Waals surface area (Å²) >= 11 is 5.69. The summed E-state index contributed by atoms with van der Waals surface area (Å²) in [5, 5.41) is 17.6. The first-order chi connectivity index (χ1) is 27.5. The van der Waals surface area contributed by atoms with E-state index in [0.717, 1.165) is 55.1 Å². The van der Waals surface area contributed by atoms with E-state index in [1.54, 1.807) is 49.1 Å².